The van der Waals surface area contributed by atoms with Crippen molar-refractivity contribution in [3.05, 3.63) is 70.7 Å². The normalized spacial score (nSPS) is 11.6. The quantitative estimate of drug-likeness (QED) is 0.824. The molecule has 0 aliphatic rings. The number of amides is 2. The lowest BCUT2D eigenvalue weighted by atomic mass is 9.88. The first kappa shape index (κ1) is 19.0. The van der Waals surface area contributed by atoms with E-state index in [0.29, 0.717) is 24.4 Å². The van der Waals surface area contributed by atoms with Gasteiger partial charge in [0.1, 0.15) is 0 Å². The molecule has 1 atom stereocenters. The maximum Gasteiger partial charge on any atom is 0.223 e. The van der Waals surface area contributed by atoms with E-state index in [1.54, 1.807) is 19.0 Å². The summed E-state index contributed by atoms with van der Waals surface area (Å²) in [5, 5.41) is 3.22. The smallest absolute Gasteiger partial charge is 0.223 e. The predicted molar refractivity (Wildman–Crippen MR) is 101 cm³/mol. The number of benzene rings is 2. The average Bonchev–Trinajstić information content (AvgIpc) is 2.64. The molecule has 5 heteroatoms. The molecule has 0 bridgehead atoms. The zero-order valence-corrected chi connectivity index (χ0v) is 15.3. The van der Waals surface area contributed by atoms with Gasteiger partial charge in [-0.15, -0.1) is 0 Å². The number of hydrogen-bond acceptors (Lipinski definition) is 2. The highest BCUT2D eigenvalue weighted by Crippen LogP contribution is 2.30. The Morgan fingerprint density at radius 2 is 1.76 bits per heavy atom. The van der Waals surface area contributed by atoms with Gasteiger partial charge in [-0.05, 0) is 23.3 Å². The minimum atomic E-state index is -0.0749. The van der Waals surface area contributed by atoms with E-state index in [0.717, 1.165) is 11.1 Å². The van der Waals surface area contributed by atoms with Gasteiger partial charge >= 0.3 is 0 Å². The van der Waals surface area contributed by atoms with Crippen molar-refractivity contribution in [2.24, 2.45) is 0 Å². The van der Waals surface area contributed by atoms with Crippen molar-refractivity contribution in [1.29, 1.82) is 0 Å². The fourth-order valence-electron chi connectivity index (χ4n) is 2.69. The molecule has 0 unspecified atom stereocenters. The minimum absolute atomic E-state index is 0.00210. The number of nitrogens with one attached hydrogen (secondary N) is 1. The lowest BCUT2D eigenvalue weighted by Gasteiger charge is -2.22. The number of halogens is 1. The van der Waals surface area contributed by atoms with Crippen LogP contribution in [0.15, 0.2) is 54.6 Å². The van der Waals surface area contributed by atoms with Crippen molar-refractivity contribution in [2.45, 2.75) is 18.8 Å². The van der Waals surface area contributed by atoms with Gasteiger partial charge in [0, 0.05) is 44.4 Å². The Labute approximate surface area is 153 Å². The Kier molecular flexibility index (Phi) is 7.02. The molecule has 2 aromatic carbocycles. The molecule has 0 fully saturated rings. The molecule has 1 N–H and O–H groups in total. The summed E-state index contributed by atoms with van der Waals surface area (Å²) in [7, 11) is 3.32. The van der Waals surface area contributed by atoms with Crippen molar-refractivity contribution >= 4 is 23.4 Å². The van der Waals surface area contributed by atoms with Crippen molar-refractivity contribution in [3.63, 3.8) is 0 Å². The number of nitrogens with zero attached hydrogens (tertiary/aromatic N) is 1. The summed E-state index contributed by atoms with van der Waals surface area (Å²) in [6.07, 6.45) is 0.626. The first-order valence-corrected chi connectivity index (χ1v) is 8.64. The van der Waals surface area contributed by atoms with Crippen molar-refractivity contribution in [3.8, 4) is 0 Å². The molecular weight excluding hydrogens is 336 g/mol. The predicted octanol–water partition coefficient (Wildman–Crippen LogP) is 3.46. The lowest BCUT2D eigenvalue weighted by molar-refractivity contribution is -0.130. The Morgan fingerprint density at radius 3 is 2.40 bits per heavy atom. The van der Waals surface area contributed by atoms with Crippen LogP contribution in [0.25, 0.3) is 0 Å². The summed E-state index contributed by atoms with van der Waals surface area (Å²) >= 11 is 6.14. The highest BCUT2D eigenvalue weighted by Gasteiger charge is 2.21. The third-order valence-electron chi connectivity index (χ3n) is 4.21. The van der Waals surface area contributed by atoms with E-state index < -0.39 is 0 Å². The van der Waals surface area contributed by atoms with E-state index >= 15 is 0 Å². The monoisotopic (exact) mass is 358 g/mol. The minimum Gasteiger partial charge on any atom is -0.359 e. The van der Waals surface area contributed by atoms with Crippen LogP contribution in [-0.4, -0.2) is 37.4 Å². The number of rotatable bonds is 7. The fourth-order valence-corrected chi connectivity index (χ4v) is 2.88. The topological polar surface area (TPSA) is 49.4 Å². The molecule has 25 heavy (non-hydrogen) atoms. The van der Waals surface area contributed by atoms with Crippen LogP contribution in [-0.2, 0) is 9.59 Å². The van der Waals surface area contributed by atoms with Crippen LogP contribution in [0.2, 0.25) is 5.02 Å². The van der Waals surface area contributed by atoms with Gasteiger partial charge < -0.3 is 10.2 Å². The summed E-state index contributed by atoms with van der Waals surface area (Å²) in [6.45, 7) is 0.398. The Morgan fingerprint density at radius 1 is 1.08 bits per heavy atom. The summed E-state index contributed by atoms with van der Waals surface area (Å²) in [5.74, 6) is -0.151. The summed E-state index contributed by atoms with van der Waals surface area (Å²) in [6, 6.07) is 17.5. The van der Waals surface area contributed by atoms with Crippen LogP contribution in [0.1, 0.15) is 29.9 Å². The second-order valence-electron chi connectivity index (χ2n) is 5.96. The van der Waals surface area contributed by atoms with E-state index in [-0.39, 0.29) is 17.7 Å². The van der Waals surface area contributed by atoms with Crippen LogP contribution < -0.4 is 5.32 Å². The maximum atomic E-state index is 12.6. The van der Waals surface area contributed by atoms with Gasteiger partial charge in [-0.2, -0.15) is 0 Å². The maximum absolute atomic E-state index is 12.6. The largest absolute Gasteiger partial charge is 0.359 e. The van der Waals surface area contributed by atoms with Crippen molar-refractivity contribution < 1.29 is 9.59 Å². The van der Waals surface area contributed by atoms with Gasteiger partial charge in [0.25, 0.3) is 0 Å². The molecule has 0 aliphatic heterocycles. The highest BCUT2D eigenvalue weighted by molar-refractivity contribution is 6.30. The molecule has 0 spiro atoms. The van der Waals surface area contributed by atoms with Gasteiger partial charge in [-0.1, -0.05) is 54.1 Å². The van der Waals surface area contributed by atoms with Gasteiger partial charge in [-0.3, -0.25) is 9.59 Å². The molecule has 132 valence electrons. The van der Waals surface area contributed by atoms with E-state index in [1.165, 1.54) is 0 Å². The molecule has 2 rings (SSSR count). The molecule has 4 nitrogen and oxygen atoms in total. The van der Waals surface area contributed by atoms with Crippen LogP contribution in [0, 0.1) is 0 Å². The SMILES string of the molecule is CNC(=O)CCN(C)C(=O)C[C@H](c1ccccc1)c1cccc(Cl)c1. The molecule has 0 aromatic heterocycles. The average molecular weight is 359 g/mol. The molecule has 2 aromatic rings. The molecular formula is C20H23ClN2O2. The van der Waals surface area contributed by atoms with Crippen LogP contribution >= 0.6 is 11.6 Å². The Balaban J connectivity index is 2.16. The second-order valence-corrected chi connectivity index (χ2v) is 6.40. The standard InChI is InChI=1S/C20H23ClN2O2/c1-22-19(24)11-12-23(2)20(25)14-18(15-7-4-3-5-8-15)16-9-6-10-17(21)13-16/h3-10,13,18H,11-12,14H2,1-2H3,(H,22,24)/t18-/m1/s1. The van der Waals surface area contributed by atoms with E-state index in [4.69, 9.17) is 11.6 Å². The third kappa shape index (κ3) is 5.61. The zero-order chi connectivity index (χ0) is 18.2. The molecule has 0 radical (unpaired) electrons. The second kappa shape index (κ2) is 9.23. The van der Waals surface area contributed by atoms with Crippen LogP contribution in [0.5, 0.6) is 0 Å². The lowest BCUT2D eigenvalue weighted by Crippen LogP contribution is -2.32. The zero-order valence-electron chi connectivity index (χ0n) is 14.5. The number of carbonyl (C=O) groups is 2. The first-order chi connectivity index (χ1) is 12.0. The third-order valence-corrected chi connectivity index (χ3v) is 4.45. The van der Waals surface area contributed by atoms with Crippen molar-refractivity contribution in [1.82, 2.24) is 10.2 Å². The molecule has 0 saturated heterocycles. The summed E-state index contributed by atoms with van der Waals surface area (Å²) < 4.78 is 0. The van der Waals surface area contributed by atoms with Gasteiger partial charge in [0.2, 0.25) is 11.8 Å². The highest BCUT2D eigenvalue weighted by atomic mass is 35.5. The Bertz CT molecular complexity index is 719. The van der Waals surface area contributed by atoms with Crippen LogP contribution in [0.3, 0.4) is 0 Å². The fraction of sp³-hybridized carbons (Fsp3) is 0.300. The Hall–Kier alpha value is -2.33. The number of carbonyl (C=O) groups excluding carboxylic acids is 2. The molecule has 0 heterocycles. The molecule has 2 amide bonds. The van der Waals surface area contributed by atoms with Crippen LogP contribution in [0.4, 0.5) is 0 Å². The summed E-state index contributed by atoms with van der Waals surface area (Å²) in [5.41, 5.74) is 2.07. The van der Waals surface area contributed by atoms with Gasteiger partial charge in [0.05, 0.1) is 0 Å². The van der Waals surface area contributed by atoms with Crippen molar-refractivity contribution in [2.75, 3.05) is 20.6 Å². The number of hydrogen-bond donors (Lipinski definition) is 1. The van der Waals surface area contributed by atoms with Gasteiger partial charge in [-0.25, -0.2) is 0 Å². The molecule has 0 aliphatic carbocycles. The molecule has 0 saturated carbocycles. The van der Waals surface area contributed by atoms with E-state index in [9.17, 15) is 9.59 Å². The summed E-state index contributed by atoms with van der Waals surface area (Å²) in [4.78, 5) is 25.6. The van der Waals surface area contributed by atoms with E-state index in [1.807, 2.05) is 54.6 Å². The van der Waals surface area contributed by atoms with Gasteiger partial charge in [0.15, 0.2) is 0 Å². The first-order valence-electron chi connectivity index (χ1n) is 8.26. The van der Waals surface area contributed by atoms with E-state index in [2.05, 4.69) is 5.32 Å².